The molecule has 0 bridgehead atoms. The highest BCUT2D eigenvalue weighted by molar-refractivity contribution is 5.85. The molecule has 0 aromatic heterocycles. The van der Waals surface area contributed by atoms with Crippen molar-refractivity contribution in [1.82, 2.24) is 0 Å². The first-order valence-corrected chi connectivity index (χ1v) is 25.6. The molecule has 350 valence electrons. The molecule has 0 N–H and O–H groups in total. The summed E-state index contributed by atoms with van der Waals surface area (Å²) in [5.74, 6) is 1.10. The third-order valence-corrected chi connectivity index (χ3v) is 15.3. The smallest absolute Gasteiger partial charge is 0.0712 e. The Morgan fingerprint density at radius 3 is 1.43 bits per heavy atom. The maximum atomic E-state index is 2.59. The second-order valence-corrected chi connectivity index (χ2v) is 20.1. The summed E-state index contributed by atoms with van der Waals surface area (Å²) in [6, 6.07) is 75.5. The van der Waals surface area contributed by atoms with Gasteiger partial charge in [0.05, 0.1) is 5.54 Å². The van der Waals surface area contributed by atoms with Crippen molar-refractivity contribution in [3.8, 4) is 33.4 Å². The molecule has 0 amide bonds. The summed E-state index contributed by atoms with van der Waals surface area (Å²) in [7, 11) is 0. The minimum absolute atomic E-state index is 0.204. The number of rotatable bonds is 11. The molecule has 1 aliphatic heterocycles. The molecule has 0 saturated carbocycles. The van der Waals surface area contributed by atoms with Gasteiger partial charge in [-0.2, -0.15) is 0 Å². The maximum Gasteiger partial charge on any atom is 0.0712 e. The fourth-order valence-electron chi connectivity index (χ4n) is 11.4. The summed E-state index contributed by atoms with van der Waals surface area (Å²) in [4.78, 5) is 7.46. The highest BCUT2D eigenvalue weighted by Gasteiger charge is 2.47. The van der Waals surface area contributed by atoms with Crippen molar-refractivity contribution in [3.63, 3.8) is 0 Å². The van der Waals surface area contributed by atoms with Gasteiger partial charge in [0.25, 0.3) is 0 Å². The predicted molar refractivity (Wildman–Crippen MR) is 305 cm³/mol. The van der Waals surface area contributed by atoms with Gasteiger partial charge in [0.2, 0.25) is 0 Å². The van der Waals surface area contributed by atoms with Gasteiger partial charge >= 0.3 is 0 Å². The molecule has 8 aromatic rings. The van der Waals surface area contributed by atoms with E-state index in [-0.39, 0.29) is 11.5 Å². The second kappa shape index (κ2) is 19.1. The second-order valence-electron chi connectivity index (χ2n) is 20.1. The van der Waals surface area contributed by atoms with Gasteiger partial charge in [0, 0.05) is 57.4 Å². The minimum atomic E-state index is -0.204. The van der Waals surface area contributed by atoms with Crippen molar-refractivity contribution in [3.05, 3.63) is 283 Å². The van der Waals surface area contributed by atoms with Crippen molar-refractivity contribution >= 4 is 39.7 Å². The number of nitrogens with zero attached hydrogens (tertiary/aromatic N) is 3. The minimum Gasteiger partial charge on any atom is -0.331 e. The van der Waals surface area contributed by atoms with E-state index >= 15 is 0 Å². The number of hydrogen-bond acceptors (Lipinski definition) is 3. The lowest BCUT2D eigenvalue weighted by molar-refractivity contribution is 0.528. The van der Waals surface area contributed by atoms with E-state index in [0.29, 0.717) is 11.8 Å². The molecule has 3 aliphatic carbocycles. The van der Waals surface area contributed by atoms with Gasteiger partial charge < -0.3 is 14.7 Å². The van der Waals surface area contributed by atoms with Crippen LogP contribution in [0.5, 0.6) is 0 Å². The van der Waals surface area contributed by atoms with E-state index in [2.05, 4.69) is 296 Å². The van der Waals surface area contributed by atoms with Crippen LogP contribution in [-0.2, 0) is 0 Å². The van der Waals surface area contributed by atoms with Gasteiger partial charge in [-0.15, -0.1) is 0 Å². The molecule has 8 aromatic carbocycles. The molecule has 0 radical (unpaired) electrons. The lowest BCUT2D eigenvalue weighted by atomic mass is 9.80. The summed E-state index contributed by atoms with van der Waals surface area (Å²) in [6.07, 6.45) is 23.0. The lowest BCUT2D eigenvalue weighted by Crippen LogP contribution is -2.44. The van der Waals surface area contributed by atoms with Crippen LogP contribution in [0.2, 0.25) is 0 Å². The molecule has 4 atom stereocenters. The fraction of sp³-hybridized carbons (Fsp3) is 0.130. The lowest BCUT2D eigenvalue weighted by Gasteiger charge is -2.40. The molecule has 1 heterocycles. The molecule has 0 saturated heterocycles. The third-order valence-electron chi connectivity index (χ3n) is 15.3. The number of benzene rings is 8. The molecule has 72 heavy (non-hydrogen) atoms. The summed E-state index contributed by atoms with van der Waals surface area (Å²) in [5, 5.41) is 0. The molecular formula is C69H59N3. The first-order valence-electron chi connectivity index (χ1n) is 25.6. The Bertz CT molecular complexity index is 3420. The van der Waals surface area contributed by atoms with Crippen LogP contribution in [-0.4, -0.2) is 5.54 Å². The van der Waals surface area contributed by atoms with E-state index < -0.39 is 0 Å². The predicted octanol–water partition coefficient (Wildman–Crippen LogP) is 18.6. The number of hydrogen-bond donors (Lipinski definition) is 0. The molecule has 12 rings (SSSR count). The monoisotopic (exact) mass is 929 g/mol. The zero-order valence-electron chi connectivity index (χ0n) is 41.3. The SMILES string of the molecule is CC1C=CC(N2c3cc(N(c4ccc(-c5ccccc5)cc4)c4ccc(-c5ccc(N(C6=CC=C(c7ccccc7)CC6C)c6ccc(-c7ccccc7)cc6)cc5)cc4)ccc3C3C=CC=CC32C)=CC1. The third kappa shape index (κ3) is 8.45. The molecule has 0 spiro atoms. The van der Waals surface area contributed by atoms with E-state index in [9.17, 15) is 0 Å². The zero-order valence-corrected chi connectivity index (χ0v) is 41.3. The van der Waals surface area contributed by atoms with Gasteiger partial charge in [0.1, 0.15) is 0 Å². The van der Waals surface area contributed by atoms with Crippen LogP contribution in [0.3, 0.4) is 0 Å². The normalized spacial score (nSPS) is 19.7. The van der Waals surface area contributed by atoms with E-state index in [1.165, 1.54) is 67.2 Å². The zero-order chi connectivity index (χ0) is 48.6. The Kier molecular flexibility index (Phi) is 11.9. The van der Waals surface area contributed by atoms with Crippen LogP contribution >= 0.6 is 0 Å². The van der Waals surface area contributed by atoms with Crippen LogP contribution in [0.4, 0.5) is 34.1 Å². The number of allylic oxidation sites excluding steroid dienone is 9. The first kappa shape index (κ1) is 44.8. The number of anilines is 6. The van der Waals surface area contributed by atoms with Crippen LogP contribution in [0.1, 0.15) is 50.7 Å². The van der Waals surface area contributed by atoms with E-state index in [0.717, 1.165) is 41.3 Å². The first-order chi connectivity index (χ1) is 35.4. The van der Waals surface area contributed by atoms with Crippen LogP contribution in [0, 0.1) is 11.8 Å². The largest absolute Gasteiger partial charge is 0.331 e. The summed E-state index contributed by atoms with van der Waals surface area (Å²) >= 11 is 0. The Balaban J connectivity index is 0.896. The molecule has 3 heteroatoms. The van der Waals surface area contributed by atoms with Crippen molar-refractivity contribution < 1.29 is 0 Å². The van der Waals surface area contributed by atoms with Crippen LogP contribution in [0.15, 0.2) is 272 Å². The highest BCUT2D eigenvalue weighted by Crippen LogP contribution is 2.54. The molecule has 0 fully saturated rings. The average molecular weight is 930 g/mol. The Labute approximate surface area is 426 Å². The van der Waals surface area contributed by atoms with E-state index in [4.69, 9.17) is 0 Å². The van der Waals surface area contributed by atoms with E-state index in [1.54, 1.807) is 0 Å². The Hall–Kier alpha value is -8.40. The van der Waals surface area contributed by atoms with Gasteiger partial charge in [-0.05, 0) is 149 Å². The number of fused-ring (bicyclic) bond motifs is 3. The Morgan fingerprint density at radius 2 is 0.944 bits per heavy atom. The van der Waals surface area contributed by atoms with Crippen LogP contribution < -0.4 is 14.7 Å². The fourth-order valence-corrected chi connectivity index (χ4v) is 11.4. The van der Waals surface area contributed by atoms with Crippen molar-refractivity contribution in [2.24, 2.45) is 11.8 Å². The van der Waals surface area contributed by atoms with E-state index in [1.807, 2.05) is 0 Å². The summed E-state index contributed by atoms with van der Waals surface area (Å²) in [5.41, 5.74) is 20.5. The van der Waals surface area contributed by atoms with Crippen molar-refractivity contribution in [1.29, 1.82) is 0 Å². The standard InChI is InChI=1S/C69H59N3/c1-49-22-33-63(34-23-49)72-68-48-64(43-44-65(68)66-21-13-14-46-69(66,72)3)70(59-35-24-54(25-36-59)51-15-7-4-8-16-51)60-37-26-56(27-38-60)57-30-41-62(42-31-57)71(61-39-28-55(29-40-61)52-17-9-5-10-18-52)67-45-32-58(47-50(67)2)53-19-11-6-12-20-53/h4-22,24-46,48-50,66H,23,47H2,1-3H3. The van der Waals surface area contributed by atoms with Crippen molar-refractivity contribution in [2.45, 2.75) is 45.1 Å². The molecule has 4 unspecified atom stereocenters. The molecule has 3 nitrogen and oxygen atoms in total. The Morgan fingerprint density at radius 1 is 0.472 bits per heavy atom. The van der Waals surface area contributed by atoms with Gasteiger partial charge in [0.15, 0.2) is 0 Å². The summed E-state index contributed by atoms with van der Waals surface area (Å²) < 4.78 is 0. The highest BCUT2D eigenvalue weighted by atomic mass is 15.2. The molecular weight excluding hydrogens is 871 g/mol. The average Bonchev–Trinajstić information content (AvgIpc) is 3.70. The molecule has 4 aliphatic rings. The van der Waals surface area contributed by atoms with Gasteiger partial charge in [-0.1, -0.05) is 202 Å². The topological polar surface area (TPSA) is 9.72 Å². The van der Waals surface area contributed by atoms with Crippen molar-refractivity contribution in [2.75, 3.05) is 14.7 Å². The quantitative estimate of drug-likeness (QED) is 0.128. The van der Waals surface area contributed by atoms with Gasteiger partial charge in [-0.25, -0.2) is 0 Å². The summed E-state index contributed by atoms with van der Waals surface area (Å²) in [6.45, 7) is 7.05. The maximum absolute atomic E-state index is 2.59. The van der Waals surface area contributed by atoms with Gasteiger partial charge in [-0.3, -0.25) is 0 Å². The van der Waals surface area contributed by atoms with Crippen LogP contribution in [0.25, 0.3) is 39.0 Å².